The Morgan fingerprint density at radius 2 is 2.05 bits per heavy atom. The van der Waals surface area contributed by atoms with Crippen LogP contribution in [0.25, 0.3) is 0 Å². The summed E-state index contributed by atoms with van der Waals surface area (Å²) in [6.45, 7) is 2.03. The highest BCUT2D eigenvalue weighted by atomic mass is 32.2. The summed E-state index contributed by atoms with van der Waals surface area (Å²) in [4.78, 5) is 4.03. The zero-order chi connectivity index (χ0) is 14.6. The van der Waals surface area contributed by atoms with Gasteiger partial charge in [0.25, 0.3) is 0 Å². The van der Waals surface area contributed by atoms with Gasteiger partial charge in [-0.25, -0.2) is 18.1 Å². The SMILES string of the molecule is CCC(NS(=O)(=O)c1ccc(N)nc1)C1CCCCC1. The predicted octanol–water partition coefficient (Wildman–Crippen LogP) is 2.30. The van der Waals surface area contributed by atoms with Gasteiger partial charge in [-0.05, 0) is 37.3 Å². The van der Waals surface area contributed by atoms with E-state index in [4.69, 9.17) is 5.73 Å². The third kappa shape index (κ3) is 3.70. The Morgan fingerprint density at radius 3 is 2.60 bits per heavy atom. The van der Waals surface area contributed by atoms with E-state index in [-0.39, 0.29) is 10.9 Å². The lowest BCUT2D eigenvalue weighted by Crippen LogP contribution is -2.40. The van der Waals surface area contributed by atoms with Crippen LogP contribution >= 0.6 is 0 Å². The molecule has 0 aliphatic heterocycles. The Kier molecular flexibility index (Phi) is 4.99. The van der Waals surface area contributed by atoms with Crippen LogP contribution in [0, 0.1) is 5.92 Å². The zero-order valence-corrected chi connectivity index (χ0v) is 12.7. The minimum atomic E-state index is -3.51. The van der Waals surface area contributed by atoms with Gasteiger partial charge in [0.05, 0.1) is 0 Å². The van der Waals surface area contributed by atoms with Crippen molar-refractivity contribution in [2.75, 3.05) is 5.73 Å². The molecule has 0 aromatic carbocycles. The molecule has 0 amide bonds. The first kappa shape index (κ1) is 15.3. The quantitative estimate of drug-likeness (QED) is 0.873. The average Bonchev–Trinajstić information content (AvgIpc) is 2.46. The summed E-state index contributed by atoms with van der Waals surface area (Å²) in [5.41, 5.74) is 5.49. The Labute approximate surface area is 121 Å². The fourth-order valence-electron chi connectivity index (χ4n) is 2.87. The molecule has 1 fully saturated rings. The van der Waals surface area contributed by atoms with Gasteiger partial charge in [-0.15, -0.1) is 0 Å². The van der Waals surface area contributed by atoms with Crippen molar-refractivity contribution in [3.8, 4) is 0 Å². The predicted molar refractivity (Wildman–Crippen MR) is 79.6 cm³/mol. The molecule has 1 aliphatic carbocycles. The molecule has 112 valence electrons. The standard InChI is InChI=1S/C14H23N3O2S/c1-2-13(11-6-4-3-5-7-11)17-20(18,19)12-8-9-14(15)16-10-12/h8-11,13,17H,2-7H2,1H3,(H2,15,16). The average molecular weight is 297 g/mol. The molecule has 0 bridgehead atoms. The highest BCUT2D eigenvalue weighted by Gasteiger charge is 2.27. The van der Waals surface area contributed by atoms with E-state index in [1.165, 1.54) is 37.6 Å². The van der Waals surface area contributed by atoms with Gasteiger partial charge in [0.15, 0.2) is 0 Å². The molecule has 5 nitrogen and oxygen atoms in total. The summed E-state index contributed by atoms with van der Waals surface area (Å²) >= 11 is 0. The Balaban J connectivity index is 2.10. The largest absolute Gasteiger partial charge is 0.384 e. The number of nitrogen functional groups attached to an aromatic ring is 1. The number of sulfonamides is 1. The fraction of sp³-hybridized carbons (Fsp3) is 0.643. The molecule has 1 unspecified atom stereocenters. The van der Waals surface area contributed by atoms with Crippen LogP contribution in [0.1, 0.15) is 45.4 Å². The molecule has 2 rings (SSSR count). The molecule has 6 heteroatoms. The zero-order valence-electron chi connectivity index (χ0n) is 11.9. The van der Waals surface area contributed by atoms with Gasteiger partial charge >= 0.3 is 0 Å². The number of nitrogens with one attached hydrogen (secondary N) is 1. The molecule has 1 atom stereocenters. The van der Waals surface area contributed by atoms with Crippen molar-refractivity contribution >= 4 is 15.8 Å². The monoisotopic (exact) mass is 297 g/mol. The van der Waals surface area contributed by atoms with E-state index in [9.17, 15) is 8.42 Å². The van der Waals surface area contributed by atoms with Crippen molar-refractivity contribution in [2.45, 2.75) is 56.4 Å². The lowest BCUT2D eigenvalue weighted by Gasteiger charge is -2.30. The number of nitrogens with two attached hydrogens (primary N) is 1. The van der Waals surface area contributed by atoms with E-state index >= 15 is 0 Å². The van der Waals surface area contributed by atoms with Crippen LogP contribution in [-0.2, 0) is 10.0 Å². The number of hydrogen-bond donors (Lipinski definition) is 2. The number of rotatable bonds is 5. The Morgan fingerprint density at radius 1 is 1.35 bits per heavy atom. The number of nitrogens with zero attached hydrogens (tertiary/aromatic N) is 1. The molecule has 1 aromatic rings. The van der Waals surface area contributed by atoms with Crippen LogP contribution in [0.5, 0.6) is 0 Å². The van der Waals surface area contributed by atoms with Gasteiger partial charge in [0, 0.05) is 12.2 Å². The second kappa shape index (κ2) is 6.54. The second-order valence-electron chi connectivity index (χ2n) is 5.45. The third-order valence-electron chi connectivity index (χ3n) is 4.03. The molecule has 1 aromatic heterocycles. The van der Waals surface area contributed by atoms with Crippen molar-refractivity contribution in [3.05, 3.63) is 18.3 Å². The van der Waals surface area contributed by atoms with Gasteiger partial charge in [-0.3, -0.25) is 0 Å². The first-order valence-corrected chi connectivity index (χ1v) is 8.75. The van der Waals surface area contributed by atoms with Crippen molar-refractivity contribution in [2.24, 2.45) is 5.92 Å². The van der Waals surface area contributed by atoms with Gasteiger partial charge in [-0.2, -0.15) is 0 Å². The Bertz CT molecular complexity index is 522. The van der Waals surface area contributed by atoms with Gasteiger partial charge in [0.1, 0.15) is 10.7 Å². The van der Waals surface area contributed by atoms with Crippen molar-refractivity contribution in [1.29, 1.82) is 0 Å². The van der Waals surface area contributed by atoms with E-state index in [2.05, 4.69) is 9.71 Å². The highest BCUT2D eigenvalue weighted by Crippen LogP contribution is 2.28. The van der Waals surface area contributed by atoms with Gasteiger partial charge in [-0.1, -0.05) is 26.2 Å². The summed E-state index contributed by atoms with van der Waals surface area (Å²) in [6, 6.07) is 3.02. The lowest BCUT2D eigenvalue weighted by molar-refractivity contribution is 0.285. The number of anilines is 1. The minimum absolute atomic E-state index is 0.0119. The number of pyridine rings is 1. The molecule has 3 N–H and O–H groups in total. The summed E-state index contributed by atoms with van der Waals surface area (Å²) in [7, 11) is -3.51. The van der Waals surface area contributed by atoms with Crippen molar-refractivity contribution in [3.63, 3.8) is 0 Å². The van der Waals surface area contributed by atoms with E-state index in [1.54, 1.807) is 0 Å². The topological polar surface area (TPSA) is 85.1 Å². The third-order valence-corrected chi connectivity index (χ3v) is 5.51. The summed E-state index contributed by atoms with van der Waals surface area (Å²) in [6.07, 6.45) is 8.01. The maximum Gasteiger partial charge on any atom is 0.242 e. The first-order valence-electron chi connectivity index (χ1n) is 7.27. The highest BCUT2D eigenvalue weighted by molar-refractivity contribution is 7.89. The maximum atomic E-state index is 12.4. The molecule has 0 saturated heterocycles. The van der Waals surface area contributed by atoms with E-state index in [1.807, 2.05) is 6.92 Å². The molecular weight excluding hydrogens is 274 g/mol. The van der Waals surface area contributed by atoms with E-state index in [0.717, 1.165) is 19.3 Å². The van der Waals surface area contributed by atoms with Crippen LogP contribution in [0.3, 0.4) is 0 Å². The fourth-order valence-corrected chi connectivity index (χ4v) is 4.20. The van der Waals surface area contributed by atoms with Gasteiger partial charge in [0.2, 0.25) is 10.0 Å². The van der Waals surface area contributed by atoms with E-state index in [0.29, 0.717) is 11.7 Å². The van der Waals surface area contributed by atoms with Gasteiger partial charge < -0.3 is 5.73 Å². The molecule has 0 radical (unpaired) electrons. The van der Waals surface area contributed by atoms with Crippen LogP contribution in [0.15, 0.2) is 23.2 Å². The number of hydrogen-bond acceptors (Lipinski definition) is 4. The van der Waals surface area contributed by atoms with Crippen molar-refractivity contribution < 1.29 is 8.42 Å². The molecular formula is C14H23N3O2S. The van der Waals surface area contributed by atoms with Crippen LogP contribution < -0.4 is 10.5 Å². The summed E-state index contributed by atoms with van der Waals surface area (Å²) < 4.78 is 27.6. The molecule has 1 aliphatic rings. The van der Waals surface area contributed by atoms with Crippen LogP contribution in [0.4, 0.5) is 5.82 Å². The molecule has 1 heterocycles. The lowest BCUT2D eigenvalue weighted by atomic mass is 9.83. The summed E-state index contributed by atoms with van der Waals surface area (Å²) in [5.74, 6) is 0.772. The molecule has 0 spiro atoms. The van der Waals surface area contributed by atoms with E-state index < -0.39 is 10.0 Å². The van der Waals surface area contributed by atoms with Crippen molar-refractivity contribution in [1.82, 2.24) is 9.71 Å². The Hall–Kier alpha value is -1.14. The smallest absolute Gasteiger partial charge is 0.242 e. The normalized spacial score (nSPS) is 18.9. The second-order valence-corrected chi connectivity index (χ2v) is 7.17. The maximum absolute atomic E-state index is 12.4. The van der Waals surface area contributed by atoms with Crippen LogP contribution in [0.2, 0.25) is 0 Å². The molecule has 1 saturated carbocycles. The summed E-state index contributed by atoms with van der Waals surface area (Å²) in [5, 5.41) is 0. The first-order chi connectivity index (χ1) is 9.53. The number of aromatic nitrogens is 1. The minimum Gasteiger partial charge on any atom is -0.384 e. The van der Waals surface area contributed by atoms with Crippen LogP contribution in [-0.4, -0.2) is 19.4 Å². The molecule has 20 heavy (non-hydrogen) atoms.